The Hall–Kier alpha value is -3.12. The van der Waals surface area contributed by atoms with Gasteiger partial charge in [0.15, 0.2) is 5.58 Å². The number of oxazole rings is 1. The number of amides is 1. The number of anilines is 1. The molecular formula is C22H17BrN2O3. The summed E-state index contributed by atoms with van der Waals surface area (Å²) >= 11 is 3.43. The van der Waals surface area contributed by atoms with Crippen LogP contribution in [0.3, 0.4) is 0 Å². The number of benzene rings is 3. The van der Waals surface area contributed by atoms with Crippen molar-refractivity contribution in [3.8, 4) is 17.2 Å². The highest BCUT2D eigenvalue weighted by Gasteiger charge is 2.12. The summed E-state index contributed by atoms with van der Waals surface area (Å²) in [6.07, 6.45) is 0. The van der Waals surface area contributed by atoms with Gasteiger partial charge in [0, 0.05) is 16.8 Å². The fourth-order valence-corrected chi connectivity index (χ4v) is 3.32. The van der Waals surface area contributed by atoms with E-state index in [-0.39, 0.29) is 5.91 Å². The lowest BCUT2D eigenvalue weighted by Gasteiger charge is -2.09. The molecule has 1 amide bonds. The van der Waals surface area contributed by atoms with Crippen molar-refractivity contribution in [2.45, 2.75) is 6.92 Å². The Morgan fingerprint density at radius 2 is 1.93 bits per heavy atom. The molecule has 0 atom stereocenters. The van der Waals surface area contributed by atoms with Gasteiger partial charge in [-0.1, -0.05) is 18.2 Å². The maximum absolute atomic E-state index is 12.6. The van der Waals surface area contributed by atoms with Crippen LogP contribution in [0.15, 0.2) is 75.6 Å². The zero-order valence-electron chi connectivity index (χ0n) is 15.1. The molecule has 28 heavy (non-hydrogen) atoms. The average molecular weight is 437 g/mol. The minimum absolute atomic E-state index is 0.213. The van der Waals surface area contributed by atoms with Crippen molar-refractivity contribution in [1.82, 2.24) is 4.98 Å². The normalized spacial score (nSPS) is 10.8. The van der Waals surface area contributed by atoms with Crippen molar-refractivity contribution in [1.29, 1.82) is 0 Å². The number of nitrogens with one attached hydrogen (secondary N) is 1. The van der Waals surface area contributed by atoms with Crippen LogP contribution in [0, 0.1) is 0 Å². The van der Waals surface area contributed by atoms with Crippen LogP contribution in [-0.2, 0) is 0 Å². The SMILES string of the molecule is CCOc1ccc(C(=O)Nc2ccc3oc(-c4ccccc4)nc3c2)cc1Br. The van der Waals surface area contributed by atoms with Crippen molar-refractivity contribution < 1.29 is 13.9 Å². The van der Waals surface area contributed by atoms with Crippen LogP contribution in [0.1, 0.15) is 17.3 Å². The Bertz CT molecular complexity index is 1140. The number of carbonyl (C=O) groups is 1. The lowest BCUT2D eigenvalue weighted by Crippen LogP contribution is -2.12. The number of fused-ring (bicyclic) bond motifs is 1. The van der Waals surface area contributed by atoms with Gasteiger partial charge in [-0.05, 0) is 71.4 Å². The Labute approximate surface area is 170 Å². The molecule has 4 rings (SSSR count). The summed E-state index contributed by atoms with van der Waals surface area (Å²) in [5, 5.41) is 2.90. The summed E-state index contributed by atoms with van der Waals surface area (Å²) < 4.78 is 12.0. The summed E-state index contributed by atoms with van der Waals surface area (Å²) in [6.45, 7) is 2.48. The van der Waals surface area contributed by atoms with E-state index in [1.165, 1.54) is 0 Å². The molecule has 0 spiro atoms. The number of ether oxygens (including phenoxy) is 1. The van der Waals surface area contributed by atoms with E-state index in [1.54, 1.807) is 36.4 Å². The Morgan fingerprint density at radius 1 is 1.11 bits per heavy atom. The number of carbonyl (C=O) groups excluding carboxylic acids is 1. The van der Waals surface area contributed by atoms with Crippen LogP contribution in [0.5, 0.6) is 5.75 Å². The number of rotatable bonds is 5. The first-order valence-corrected chi connectivity index (χ1v) is 9.63. The molecule has 3 aromatic carbocycles. The predicted molar refractivity (Wildman–Crippen MR) is 113 cm³/mol. The van der Waals surface area contributed by atoms with E-state index in [0.29, 0.717) is 40.6 Å². The summed E-state index contributed by atoms with van der Waals surface area (Å²) in [5.74, 6) is 1.04. The van der Waals surface area contributed by atoms with Crippen LogP contribution in [0.2, 0.25) is 0 Å². The predicted octanol–water partition coefficient (Wildman–Crippen LogP) is 5.91. The van der Waals surface area contributed by atoms with Crippen LogP contribution >= 0.6 is 15.9 Å². The Kier molecular flexibility index (Phi) is 5.12. The van der Waals surface area contributed by atoms with E-state index < -0.39 is 0 Å². The number of hydrogen-bond donors (Lipinski definition) is 1. The van der Waals surface area contributed by atoms with Crippen LogP contribution < -0.4 is 10.1 Å². The van der Waals surface area contributed by atoms with Crippen molar-refractivity contribution in [3.05, 3.63) is 76.8 Å². The second-order valence-corrected chi connectivity index (χ2v) is 6.95. The van der Waals surface area contributed by atoms with Gasteiger partial charge in [-0.15, -0.1) is 0 Å². The number of hydrogen-bond acceptors (Lipinski definition) is 4. The quantitative estimate of drug-likeness (QED) is 0.422. The molecular weight excluding hydrogens is 420 g/mol. The highest BCUT2D eigenvalue weighted by molar-refractivity contribution is 9.10. The smallest absolute Gasteiger partial charge is 0.255 e. The van der Waals surface area contributed by atoms with Crippen molar-refractivity contribution in [3.63, 3.8) is 0 Å². The third-order valence-corrected chi connectivity index (χ3v) is 4.78. The minimum atomic E-state index is -0.213. The average Bonchev–Trinajstić information content (AvgIpc) is 3.14. The minimum Gasteiger partial charge on any atom is -0.493 e. The van der Waals surface area contributed by atoms with E-state index in [0.717, 1.165) is 10.0 Å². The molecule has 0 saturated carbocycles. The summed E-state index contributed by atoms with van der Waals surface area (Å²) in [6, 6.07) is 20.3. The molecule has 6 heteroatoms. The number of nitrogens with zero attached hydrogens (tertiary/aromatic N) is 1. The number of aromatic nitrogens is 1. The molecule has 0 aliphatic heterocycles. The van der Waals surface area contributed by atoms with Gasteiger partial charge in [-0.25, -0.2) is 4.98 Å². The zero-order chi connectivity index (χ0) is 19.5. The topological polar surface area (TPSA) is 64.4 Å². The number of halogens is 1. The fourth-order valence-electron chi connectivity index (χ4n) is 2.83. The Balaban J connectivity index is 1.56. The standard InChI is InChI=1S/C22H17BrN2O3/c1-2-27-19-10-8-15(12-17(19)23)21(26)24-16-9-11-20-18(13-16)25-22(28-20)14-6-4-3-5-7-14/h3-13H,2H2,1H3,(H,24,26). The molecule has 1 heterocycles. The first-order chi connectivity index (χ1) is 13.6. The molecule has 1 N–H and O–H groups in total. The molecule has 0 aliphatic rings. The largest absolute Gasteiger partial charge is 0.493 e. The van der Waals surface area contributed by atoms with Gasteiger partial charge in [0.05, 0.1) is 11.1 Å². The van der Waals surface area contributed by atoms with Crippen molar-refractivity contribution >= 4 is 38.6 Å². The van der Waals surface area contributed by atoms with E-state index in [9.17, 15) is 4.79 Å². The third-order valence-electron chi connectivity index (χ3n) is 4.16. The first kappa shape index (κ1) is 18.3. The molecule has 0 radical (unpaired) electrons. The van der Waals surface area contributed by atoms with Crippen molar-refractivity contribution in [2.24, 2.45) is 0 Å². The summed E-state index contributed by atoms with van der Waals surface area (Å²) in [7, 11) is 0. The van der Waals surface area contributed by atoms with E-state index >= 15 is 0 Å². The van der Waals surface area contributed by atoms with Gasteiger partial charge in [-0.3, -0.25) is 4.79 Å². The second kappa shape index (κ2) is 7.86. The maximum atomic E-state index is 12.6. The highest BCUT2D eigenvalue weighted by atomic mass is 79.9. The molecule has 1 aromatic heterocycles. The van der Waals surface area contributed by atoms with Crippen LogP contribution in [0.25, 0.3) is 22.6 Å². The highest BCUT2D eigenvalue weighted by Crippen LogP contribution is 2.28. The van der Waals surface area contributed by atoms with Crippen LogP contribution in [0.4, 0.5) is 5.69 Å². The summed E-state index contributed by atoms with van der Waals surface area (Å²) in [4.78, 5) is 17.1. The molecule has 0 unspecified atom stereocenters. The third kappa shape index (κ3) is 3.77. The lowest BCUT2D eigenvalue weighted by atomic mass is 10.2. The summed E-state index contributed by atoms with van der Waals surface area (Å²) in [5.41, 5.74) is 3.43. The van der Waals surface area contributed by atoms with Crippen LogP contribution in [-0.4, -0.2) is 17.5 Å². The second-order valence-electron chi connectivity index (χ2n) is 6.10. The molecule has 0 saturated heterocycles. The van der Waals surface area contributed by atoms with Gasteiger partial charge in [-0.2, -0.15) is 0 Å². The fraction of sp³-hybridized carbons (Fsp3) is 0.0909. The van der Waals surface area contributed by atoms with E-state index in [4.69, 9.17) is 9.15 Å². The molecule has 0 fully saturated rings. The lowest BCUT2D eigenvalue weighted by molar-refractivity contribution is 0.102. The molecule has 0 aliphatic carbocycles. The maximum Gasteiger partial charge on any atom is 0.255 e. The van der Waals surface area contributed by atoms with Gasteiger partial charge in [0.1, 0.15) is 11.3 Å². The molecule has 0 bridgehead atoms. The first-order valence-electron chi connectivity index (χ1n) is 8.84. The molecule has 5 nitrogen and oxygen atoms in total. The van der Waals surface area contributed by atoms with Gasteiger partial charge < -0.3 is 14.5 Å². The van der Waals surface area contributed by atoms with E-state index in [2.05, 4.69) is 26.2 Å². The zero-order valence-corrected chi connectivity index (χ0v) is 16.7. The van der Waals surface area contributed by atoms with Gasteiger partial charge in [0.25, 0.3) is 5.91 Å². The molecule has 140 valence electrons. The van der Waals surface area contributed by atoms with Crippen molar-refractivity contribution in [2.75, 3.05) is 11.9 Å². The molecule has 4 aromatic rings. The van der Waals surface area contributed by atoms with E-state index in [1.807, 2.05) is 37.3 Å². The van der Waals surface area contributed by atoms with Gasteiger partial charge >= 0.3 is 0 Å². The van der Waals surface area contributed by atoms with Gasteiger partial charge in [0.2, 0.25) is 5.89 Å². The Morgan fingerprint density at radius 3 is 2.68 bits per heavy atom. The monoisotopic (exact) mass is 436 g/mol.